The van der Waals surface area contributed by atoms with Crippen molar-refractivity contribution in [2.75, 3.05) is 12.9 Å². The Labute approximate surface area is 147 Å². The average Bonchev–Trinajstić information content (AvgIpc) is 3.04. The third-order valence-electron chi connectivity index (χ3n) is 3.51. The fourth-order valence-electron chi connectivity index (χ4n) is 2.30. The van der Waals surface area contributed by atoms with E-state index in [1.807, 2.05) is 18.2 Å². The molecule has 0 bridgehead atoms. The first-order valence-electron chi connectivity index (χ1n) is 7.43. The Bertz CT molecular complexity index is 919. The number of fused-ring (bicyclic) bond motifs is 1. The van der Waals surface area contributed by atoms with Crippen molar-refractivity contribution >= 4 is 34.3 Å². The molecule has 0 saturated heterocycles. The molecule has 2 N–H and O–H groups in total. The van der Waals surface area contributed by atoms with Gasteiger partial charge in [0, 0.05) is 4.90 Å². The highest BCUT2D eigenvalue weighted by molar-refractivity contribution is 7.99. The molecule has 0 amide bonds. The van der Waals surface area contributed by atoms with Crippen molar-refractivity contribution in [1.29, 1.82) is 0 Å². The van der Waals surface area contributed by atoms with Gasteiger partial charge in [-0.2, -0.15) is 0 Å². The van der Waals surface area contributed by atoms with E-state index in [0.29, 0.717) is 10.4 Å². The quantitative estimate of drug-likeness (QED) is 0.313. The molecule has 1 aromatic heterocycles. The molecule has 1 heterocycles. The molecular weight excluding hydrogens is 343 g/mol. The molecule has 0 aliphatic heterocycles. The Kier molecular flexibility index (Phi) is 5.04. The van der Waals surface area contributed by atoms with Crippen molar-refractivity contribution in [3.8, 4) is 0 Å². The summed E-state index contributed by atoms with van der Waals surface area (Å²) in [6, 6.07) is 13.5. The second kappa shape index (κ2) is 7.40. The highest BCUT2D eigenvalue weighted by atomic mass is 32.2. The Balaban J connectivity index is 1.94. The minimum absolute atomic E-state index is 0.00239. The molecule has 0 aliphatic rings. The number of benzene rings is 2. The Morgan fingerprint density at radius 3 is 2.68 bits per heavy atom. The van der Waals surface area contributed by atoms with Gasteiger partial charge in [-0.25, -0.2) is 14.2 Å². The number of aromatic amines is 1. The fraction of sp³-hybridized carbons (Fsp3) is 0.111. The fourth-order valence-corrected chi connectivity index (χ4v) is 3.12. The Morgan fingerprint density at radius 2 is 1.96 bits per heavy atom. The number of aromatic nitrogens is 2. The molecule has 0 aliphatic carbocycles. The molecule has 3 aromatic rings. The predicted molar refractivity (Wildman–Crippen MR) is 94.8 cm³/mol. The number of aliphatic hydroxyl groups is 1. The highest BCUT2D eigenvalue weighted by Gasteiger charge is 2.22. The van der Waals surface area contributed by atoms with Crippen LogP contribution in [0.25, 0.3) is 16.6 Å². The van der Waals surface area contributed by atoms with Gasteiger partial charge in [-0.1, -0.05) is 24.3 Å². The summed E-state index contributed by atoms with van der Waals surface area (Å²) in [5.74, 6) is -1.13. The van der Waals surface area contributed by atoms with Crippen LogP contribution in [0.3, 0.4) is 0 Å². The van der Waals surface area contributed by atoms with E-state index in [2.05, 4.69) is 9.97 Å². The number of H-pyrrole nitrogens is 1. The van der Waals surface area contributed by atoms with Crippen molar-refractivity contribution in [2.24, 2.45) is 0 Å². The summed E-state index contributed by atoms with van der Waals surface area (Å²) >= 11 is 1.08. The molecule has 7 heteroatoms. The van der Waals surface area contributed by atoms with Gasteiger partial charge in [0.2, 0.25) is 0 Å². The standard InChI is InChI=1S/C18H15FN2O3S/c1-24-18(23)16(17-20-12-7-3-4-8-13(12)21-17)14(22)10-25-15-9-5-2-6-11(15)19/h2-9,22H,10H2,1H3,(H,20,21)/b16-14+. The van der Waals surface area contributed by atoms with Crippen LogP contribution in [0.15, 0.2) is 59.2 Å². The van der Waals surface area contributed by atoms with Gasteiger partial charge in [0.1, 0.15) is 23.0 Å². The van der Waals surface area contributed by atoms with Crippen molar-refractivity contribution in [3.63, 3.8) is 0 Å². The zero-order valence-electron chi connectivity index (χ0n) is 13.3. The molecule has 5 nitrogen and oxygen atoms in total. The number of carbonyl (C=O) groups is 1. The summed E-state index contributed by atoms with van der Waals surface area (Å²) in [5, 5.41) is 10.4. The summed E-state index contributed by atoms with van der Waals surface area (Å²) in [6.45, 7) is 0. The van der Waals surface area contributed by atoms with E-state index in [1.54, 1.807) is 24.3 Å². The first-order chi connectivity index (χ1) is 12.1. The van der Waals surface area contributed by atoms with Gasteiger partial charge in [0.25, 0.3) is 0 Å². The van der Waals surface area contributed by atoms with Crippen molar-refractivity contribution < 1.29 is 19.0 Å². The number of para-hydroxylation sites is 2. The van der Waals surface area contributed by atoms with Gasteiger partial charge < -0.3 is 14.8 Å². The molecule has 0 radical (unpaired) electrons. The maximum Gasteiger partial charge on any atom is 0.345 e. The lowest BCUT2D eigenvalue weighted by Crippen LogP contribution is -2.09. The largest absolute Gasteiger partial charge is 0.510 e. The van der Waals surface area contributed by atoms with E-state index in [4.69, 9.17) is 4.74 Å². The van der Waals surface area contributed by atoms with Crippen LogP contribution in [0.4, 0.5) is 4.39 Å². The van der Waals surface area contributed by atoms with Crippen LogP contribution in [-0.2, 0) is 9.53 Å². The summed E-state index contributed by atoms with van der Waals surface area (Å²) in [6.07, 6.45) is 0. The number of ether oxygens (including phenoxy) is 1. The minimum atomic E-state index is -0.717. The number of rotatable bonds is 5. The van der Waals surface area contributed by atoms with Gasteiger partial charge in [0.15, 0.2) is 0 Å². The normalized spacial score (nSPS) is 12.1. The summed E-state index contributed by atoms with van der Waals surface area (Å²) in [7, 11) is 1.22. The second-order valence-electron chi connectivity index (χ2n) is 5.13. The van der Waals surface area contributed by atoms with Gasteiger partial charge in [-0.3, -0.25) is 0 Å². The Morgan fingerprint density at radius 1 is 1.24 bits per heavy atom. The van der Waals surface area contributed by atoms with E-state index < -0.39 is 5.97 Å². The summed E-state index contributed by atoms with van der Waals surface area (Å²) in [4.78, 5) is 19.8. The van der Waals surface area contributed by atoms with Crippen LogP contribution in [0, 0.1) is 5.82 Å². The monoisotopic (exact) mass is 358 g/mol. The second-order valence-corrected chi connectivity index (χ2v) is 6.15. The summed E-state index contributed by atoms with van der Waals surface area (Å²) < 4.78 is 18.5. The molecule has 0 fully saturated rings. The van der Waals surface area contributed by atoms with E-state index in [0.717, 1.165) is 17.3 Å². The predicted octanol–water partition coefficient (Wildman–Crippen LogP) is 3.94. The number of halogens is 1. The van der Waals surface area contributed by atoms with Gasteiger partial charge in [-0.05, 0) is 24.3 Å². The molecule has 0 atom stereocenters. The van der Waals surface area contributed by atoms with E-state index >= 15 is 0 Å². The lowest BCUT2D eigenvalue weighted by molar-refractivity contribution is -0.133. The van der Waals surface area contributed by atoms with Crippen LogP contribution < -0.4 is 0 Å². The van der Waals surface area contributed by atoms with Crippen molar-refractivity contribution in [3.05, 3.63) is 65.9 Å². The number of hydrogen-bond donors (Lipinski definition) is 2. The molecule has 128 valence electrons. The molecule has 25 heavy (non-hydrogen) atoms. The number of nitrogens with one attached hydrogen (secondary N) is 1. The zero-order valence-corrected chi connectivity index (χ0v) is 14.1. The van der Waals surface area contributed by atoms with Crippen LogP contribution in [0.2, 0.25) is 0 Å². The van der Waals surface area contributed by atoms with Crippen molar-refractivity contribution in [2.45, 2.75) is 4.90 Å². The van der Waals surface area contributed by atoms with Gasteiger partial charge in [-0.15, -0.1) is 11.8 Å². The summed E-state index contributed by atoms with van der Waals surface area (Å²) in [5.41, 5.74) is 1.32. The van der Waals surface area contributed by atoms with E-state index in [9.17, 15) is 14.3 Å². The van der Waals surface area contributed by atoms with Crippen LogP contribution >= 0.6 is 11.8 Å². The molecule has 3 rings (SSSR count). The smallest absolute Gasteiger partial charge is 0.345 e. The highest BCUT2D eigenvalue weighted by Crippen LogP contribution is 2.27. The topological polar surface area (TPSA) is 75.2 Å². The van der Waals surface area contributed by atoms with Crippen LogP contribution in [0.1, 0.15) is 5.82 Å². The molecule has 2 aromatic carbocycles. The number of nitrogens with zero attached hydrogens (tertiary/aromatic N) is 1. The first kappa shape index (κ1) is 17.0. The number of imidazole rings is 1. The van der Waals surface area contributed by atoms with Crippen LogP contribution in [-0.4, -0.2) is 33.9 Å². The molecular formula is C18H15FN2O3S. The number of hydrogen-bond acceptors (Lipinski definition) is 5. The number of aliphatic hydroxyl groups excluding tert-OH is 1. The number of esters is 1. The zero-order chi connectivity index (χ0) is 17.8. The molecule has 0 saturated carbocycles. The number of carbonyl (C=O) groups excluding carboxylic acids is 1. The van der Waals surface area contributed by atoms with E-state index in [-0.39, 0.29) is 28.7 Å². The van der Waals surface area contributed by atoms with Crippen LogP contribution in [0.5, 0.6) is 0 Å². The number of methoxy groups -OCH3 is 1. The third kappa shape index (κ3) is 3.66. The van der Waals surface area contributed by atoms with Gasteiger partial charge in [0.05, 0.1) is 23.9 Å². The van der Waals surface area contributed by atoms with Gasteiger partial charge >= 0.3 is 5.97 Å². The average molecular weight is 358 g/mol. The first-order valence-corrected chi connectivity index (χ1v) is 8.41. The maximum atomic E-state index is 13.7. The molecule has 0 unspecified atom stereocenters. The lowest BCUT2D eigenvalue weighted by atomic mass is 10.2. The lowest BCUT2D eigenvalue weighted by Gasteiger charge is -2.07. The Hall–Kier alpha value is -2.80. The minimum Gasteiger partial charge on any atom is -0.510 e. The van der Waals surface area contributed by atoms with E-state index in [1.165, 1.54) is 13.2 Å². The molecule has 0 spiro atoms. The maximum absolute atomic E-state index is 13.7. The van der Waals surface area contributed by atoms with Crippen molar-refractivity contribution in [1.82, 2.24) is 9.97 Å². The third-order valence-corrected chi connectivity index (χ3v) is 4.57. The SMILES string of the molecule is COC(=O)/C(=C(/O)CSc1ccccc1F)c1nc2ccccc2[nH]1. The number of thioether (sulfide) groups is 1.